The van der Waals surface area contributed by atoms with E-state index in [1.54, 1.807) is 23.9 Å². The van der Waals surface area contributed by atoms with E-state index in [9.17, 15) is 9.59 Å². The van der Waals surface area contributed by atoms with Crippen molar-refractivity contribution in [3.05, 3.63) is 113 Å². The summed E-state index contributed by atoms with van der Waals surface area (Å²) in [7, 11) is 0. The molecule has 214 valence electrons. The number of thioether (sulfide) groups is 1. The Morgan fingerprint density at radius 3 is 1.83 bits per heavy atom. The third kappa shape index (κ3) is 5.89. The molecule has 0 saturated heterocycles. The Morgan fingerprint density at radius 2 is 1.24 bits per heavy atom. The second-order valence-corrected chi connectivity index (χ2v) is 13.6. The van der Waals surface area contributed by atoms with Gasteiger partial charge in [0.05, 0.1) is 0 Å². The quantitative estimate of drug-likeness (QED) is 0.126. The van der Waals surface area contributed by atoms with Gasteiger partial charge in [-0.25, -0.2) is 0 Å². The lowest BCUT2D eigenvalue weighted by Gasteiger charge is -2.29. The van der Waals surface area contributed by atoms with Crippen molar-refractivity contribution in [2.45, 2.75) is 78.9 Å². The summed E-state index contributed by atoms with van der Waals surface area (Å²) >= 11 is 3.05. The number of ketones is 2. The van der Waals surface area contributed by atoms with E-state index in [-0.39, 0.29) is 11.6 Å². The van der Waals surface area contributed by atoms with Gasteiger partial charge in [0.1, 0.15) is 0 Å². The molecular formula is C38H38O2S2. The van der Waals surface area contributed by atoms with E-state index in [2.05, 4.69) is 55.5 Å². The van der Waals surface area contributed by atoms with Crippen LogP contribution in [0.1, 0.15) is 102 Å². The Kier molecular flexibility index (Phi) is 9.02. The van der Waals surface area contributed by atoms with Crippen LogP contribution in [0, 0.1) is 5.92 Å². The summed E-state index contributed by atoms with van der Waals surface area (Å²) in [5, 5.41) is 0. The van der Waals surface area contributed by atoms with Crippen LogP contribution in [0.2, 0.25) is 0 Å². The second-order valence-electron chi connectivity index (χ2n) is 11.7. The van der Waals surface area contributed by atoms with Crippen LogP contribution in [-0.4, -0.2) is 17.8 Å². The molecule has 2 nitrogen and oxygen atoms in total. The molecule has 4 aromatic carbocycles. The maximum absolute atomic E-state index is 13.6. The molecule has 0 unspecified atom stereocenters. The van der Waals surface area contributed by atoms with E-state index in [1.807, 2.05) is 30.5 Å². The van der Waals surface area contributed by atoms with Crippen molar-refractivity contribution in [3.8, 4) is 11.1 Å². The predicted molar refractivity (Wildman–Crippen MR) is 176 cm³/mol. The highest BCUT2D eigenvalue weighted by Gasteiger charge is 2.33. The Bertz CT molecular complexity index is 1580. The van der Waals surface area contributed by atoms with Crippen molar-refractivity contribution in [1.29, 1.82) is 0 Å². The zero-order chi connectivity index (χ0) is 29.1. The van der Waals surface area contributed by atoms with E-state index in [0.717, 1.165) is 20.6 Å². The summed E-state index contributed by atoms with van der Waals surface area (Å²) in [4.78, 5) is 29.8. The molecule has 42 heavy (non-hydrogen) atoms. The van der Waals surface area contributed by atoms with Crippen molar-refractivity contribution in [1.82, 2.24) is 0 Å². The highest BCUT2D eigenvalue weighted by atomic mass is 32.2. The largest absolute Gasteiger partial charge is 0.289 e. The molecule has 0 heterocycles. The molecule has 6 rings (SSSR count). The number of carbonyl (C=O) groups is 2. The fourth-order valence-electron chi connectivity index (χ4n) is 6.69. The first kappa shape index (κ1) is 29.0. The van der Waals surface area contributed by atoms with Gasteiger partial charge in [-0.1, -0.05) is 105 Å². The standard InChI is InChI=1S/C38H38O2S2/c1-3-4-5-8-25-13-15-26(16-14-25)27-17-19-28(20-18-27)29-21-23-30(24-22-29)42-34-12-7-10-32-36(34)38(40)31-9-6-11-33(41-2)35(31)37(32)39/h6-7,9-12,17-26H,3-5,8,13-16H2,1-2H3. The smallest absolute Gasteiger partial charge is 0.195 e. The topological polar surface area (TPSA) is 34.1 Å². The van der Waals surface area contributed by atoms with Crippen LogP contribution < -0.4 is 0 Å². The second kappa shape index (κ2) is 13.1. The van der Waals surface area contributed by atoms with E-state index in [4.69, 9.17) is 0 Å². The maximum Gasteiger partial charge on any atom is 0.195 e. The number of hydrogen-bond acceptors (Lipinski definition) is 4. The summed E-state index contributed by atoms with van der Waals surface area (Å²) < 4.78 is 0. The minimum Gasteiger partial charge on any atom is -0.289 e. The molecule has 0 N–H and O–H groups in total. The normalized spacial score (nSPS) is 18.0. The fourth-order valence-corrected chi connectivity index (χ4v) is 8.29. The van der Waals surface area contributed by atoms with Crippen LogP contribution in [0.25, 0.3) is 11.1 Å². The molecule has 1 saturated carbocycles. The molecule has 0 bridgehead atoms. The molecule has 0 aromatic heterocycles. The number of carbonyl (C=O) groups excluding carboxylic acids is 2. The van der Waals surface area contributed by atoms with Gasteiger partial charge in [-0.05, 0) is 84.7 Å². The molecule has 2 aliphatic rings. The van der Waals surface area contributed by atoms with Gasteiger partial charge in [0.25, 0.3) is 0 Å². The Labute approximate surface area is 258 Å². The van der Waals surface area contributed by atoms with Crippen LogP contribution >= 0.6 is 23.5 Å². The molecule has 1 fully saturated rings. The van der Waals surface area contributed by atoms with Gasteiger partial charge < -0.3 is 0 Å². The highest BCUT2D eigenvalue weighted by molar-refractivity contribution is 7.99. The molecule has 0 spiro atoms. The van der Waals surface area contributed by atoms with Crippen LogP contribution in [0.15, 0.2) is 99.6 Å². The van der Waals surface area contributed by atoms with Gasteiger partial charge >= 0.3 is 0 Å². The zero-order valence-electron chi connectivity index (χ0n) is 24.5. The summed E-state index contributed by atoms with van der Waals surface area (Å²) in [6, 6.07) is 28.9. The lowest BCUT2D eigenvalue weighted by Crippen LogP contribution is -2.22. The van der Waals surface area contributed by atoms with Gasteiger partial charge in [-0.2, -0.15) is 0 Å². The molecule has 0 radical (unpaired) electrons. The first-order valence-corrected chi connectivity index (χ1v) is 17.4. The zero-order valence-corrected chi connectivity index (χ0v) is 26.2. The Hall–Kier alpha value is -3.08. The number of rotatable bonds is 9. The number of hydrogen-bond donors (Lipinski definition) is 0. The Balaban J connectivity index is 1.14. The van der Waals surface area contributed by atoms with Crippen LogP contribution in [-0.2, 0) is 0 Å². The van der Waals surface area contributed by atoms with E-state index < -0.39 is 0 Å². The molecule has 0 atom stereocenters. The highest BCUT2D eigenvalue weighted by Crippen LogP contribution is 2.41. The number of unbranched alkanes of at least 4 members (excludes halogenated alkanes) is 2. The Morgan fingerprint density at radius 1 is 0.667 bits per heavy atom. The van der Waals surface area contributed by atoms with E-state index >= 15 is 0 Å². The van der Waals surface area contributed by atoms with Gasteiger partial charge in [0.15, 0.2) is 11.6 Å². The summed E-state index contributed by atoms with van der Waals surface area (Å²) in [6.45, 7) is 2.29. The monoisotopic (exact) mass is 590 g/mol. The molecular weight excluding hydrogens is 553 g/mol. The van der Waals surface area contributed by atoms with Gasteiger partial charge in [-0.3, -0.25) is 9.59 Å². The molecule has 0 aliphatic heterocycles. The molecule has 0 amide bonds. The minimum absolute atomic E-state index is 0.0641. The number of benzene rings is 4. The predicted octanol–water partition coefficient (Wildman–Crippen LogP) is 10.9. The van der Waals surface area contributed by atoms with Crippen LogP contribution in [0.5, 0.6) is 0 Å². The van der Waals surface area contributed by atoms with E-state index in [1.165, 1.54) is 79.8 Å². The van der Waals surface area contributed by atoms with Crippen molar-refractivity contribution in [2.75, 3.05) is 6.26 Å². The average Bonchev–Trinajstić information content (AvgIpc) is 3.04. The van der Waals surface area contributed by atoms with Gasteiger partial charge in [0.2, 0.25) is 0 Å². The molecule has 4 heteroatoms. The van der Waals surface area contributed by atoms with Gasteiger partial charge in [-0.15, -0.1) is 11.8 Å². The van der Waals surface area contributed by atoms with Gasteiger partial charge in [0, 0.05) is 36.9 Å². The summed E-state index contributed by atoms with van der Waals surface area (Å²) in [5.41, 5.74) is 5.96. The number of fused-ring (bicyclic) bond motifs is 2. The summed E-state index contributed by atoms with van der Waals surface area (Å²) in [5.74, 6) is 1.50. The van der Waals surface area contributed by atoms with Crippen molar-refractivity contribution >= 4 is 35.1 Å². The fraction of sp³-hybridized carbons (Fsp3) is 0.316. The SMILES string of the molecule is CCCCCC1CCC(c2ccc(-c3ccc(Sc4cccc5c4C(=O)c4cccc(SC)c4C5=O)cc3)cc2)CC1. The summed E-state index contributed by atoms with van der Waals surface area (Å²) in [6.07, 6.45) is 12.9. The first-order chi connectivity index (χ1) is 20.6. The maximum atomic E-state index is 13.6. The van der Waals surface area contributed by atoms with Crippen molar-refractivity contribution in [3.63, 3.8) is 0 Å². The lowest BCUT2D eigenvalue weighted by atomic mass is 9.77. The minimum atomic E-state index is -0.0692. The van der Waals surface area contributed by atoms with Crippen molar-refractivity contribution < 1.29 is 9.59 Å². The van der Waals surface area contributed by atoms with Crippen molar-refractivity contribution in [2.24, 2.45) is 5.92 Å². The van der Waals surface area contributed by atoms with Crippen LogP contribution in [0.4, 0.5) is 0 Å². The first-order valence-electron chi connectivity index (χ1n) is 15.3. The van der Waals surface area contributed by atoms with Crippen LogP contribution in [0.3, 0.4) is 0 Å². The molecule has 4 aromatic rings. The third-order valence-electron chi connectivity index (χ3n) is 9.08. The average molecular weight is 591 g/mol. The lowest BCUT2D eigenvalue weighted by molar-refractivity contribution is 0.0974. The van der Waals surface area contributed by atoms with E-state index in [0.29, 0.717) is 28.2 Å². The molecule has 2 aliphatic carbocycles. The third-order valence-corrected chi connectivity index (χ3v) is 10.9.